The van der Waals surface area contributed by atoms with E-state index in [4.69, 9.17) is 67.3 Å². The van der Waals surface area contributed by atoms with Crippen LogP contribution < -0.4 is 5.73 Å². The van der Waals surface area contributed by atoms with E-state index in [0.29, 0.717) is 96.3 Å². The standard InChI is InChI=1S/C58H87NO21/c1-25-13-30-5-7-37-26(2)14-32(68-37)9-12-57-55(65)58(66,67)54(80-57)51-28(4)50(79-57)53-38(75-51)8-6-31(71-53)18-49(64)74-47-22-46-45(73-44(47)19-39(69-30)27(25)3)21-43-42(72-46)17-33(70-43)16-41-35(62)10-11-56(77-41)23-34(59)52-48(78-56)20-40(76-52)36(63)15-29(61)24-60/h25,28-48,50-55,60-63,65-67H,2-3,5-24,59H2,1,4H3/t25-,28+,29-,30+,31-,32+,33+,34+,35+,36+,37+,38+,39-,40+,41+,42?,43-,44+,45+,46?,47-,48+,50-,51-,52+,53+,54?,55+,56-,57-/m1/s1. The highest BCUT2D eigenvalue weighted by Gasteiger charge is 2.72. The van der Waals surface area contributed by atoms with Gasteiger partial charge in [-0.15, -0.1) is 0 Å². The number of carbonyl (C=O) groups excluding carboxylic acids is 1. The Bertz CT molecular complexity index is 2280. The molecule has 0 aromatic carbocycles. The highest BCUT2D eigenvalue weighted by molar-refractivity contribution is 5.70. The van der Waals surface area contributed by atoms with E-state index in [1.54, 1.807) is 0 Å². The predicted octanol–water partition coefficient (Wildman–Crippen LogP) is 1.28. The number of carbonyl (C=O) groups is 1. The third-order valence-corrected chi connectivity index (χ3v) is 20.9. The molecule has 13 heterocycles. The maximum atomic E-state index is 14.4. The van der Waals surface area contributed by atoms with Gasteiger partial charge in [0, 0.05) is 76.2 Å². The van der Waals surface area contributed by atoms with Crippen LogP contribution in [-0.2, 0) is 66.4 Å². The Morgan fingerprint density at radius 2 is 1.38 bits per heavy atom. The van der Waals surface area contributed by atoms with E-state index in [-0.39, 0.29) is 74.0 Å². The van der Waals surface area contributed by atoms with Gasteiger partial charge in [0.25, 0.3) is 0 Å². The Morgan fingerprint density at radius 1 is 0.650 bits per heavy atom. The Labute approximate surface area is 467 Å². The Kier molecular flexibility index (Phi) is 15.8. The minimum atomic E-state index is -2.64. The van der Waals surface area contributed by atoms with Crippen molar-refractivity contribution in [2.45, 2.75) is 312 Å². The van der Waals surface area contributed by atoms with Gasteiger partial charge in [0.15, 0.2) is 11.9 Å². The molecule has 0 saturated carbocycles. The van der Waals surface area contributed by atoms with Crippen LogP contribution in [0.5, 0.6) is 0 Å². The summed E-state index contributed by atoms with van der Waals surface area (Å²) in [4.78, 5) is 14.4. The molecule has 22 heteroatoms. The molecular weight excluding hydrogens is 1050 g/mol. The number of fused-ring (bicyclic) bond motifs is 12. The van der Waals surface area contributed by atoms with E-state index in [2.05, 4.69) is 20.1 Å². The molecule has 22 nitrogen and oxygen atoms in total. The zero-order valence-corrected chi connectivity index (χ0v) is 46.1. The molecule has 10 bridgehead atoms. The topological polar surface area (TPSA) is 305 Å². The summed E-state index contributed by atoms with van der Waals surface area (Å²) in [6.45, 7) is 12.5. The molecule has 13 fully saturated rings. The minimum absolute atomic E-state index is 0.0402. The number of hydrogen-bond acceptors (Lipinski definition) is 22. The van der Waals surface area contributed by atoms with E-state index in [1.807, 2.05) is 6.92 Å². The third-order valence-electron chi connectivity index (χ3n) is 20.9. The Balaban J connectivity index is 0.701. The number of hydrogen-bond donors (Lipinski definition) is 8. The lowest BCUT2D eigenvalue weighted by atomic mass is 9.79. The normalized spacial score (nSPS) is 53.6. The zero-order valence-electron chi connectivity index (χ0n) is 46.1. The number of aliphatic hydroxyl groups is 7. The SMILES string of the molecule is C=C1C[C@@H]2CC[C@]34OC([C@@H]5O[C@H]6CC[C@H](CC(=O)O[C@@H]7CC8OC9C[C@H](C[C@@H]%10O[C@@]%11(CC[C@@H]%10O)C[C@H](N)[C@@H]%10O[C@H]([C@@H](O)C[C@@H](O)CO)C[C@@H]%10O%11)O[C@@H]9C[C@@H]8O[C@H]7C[C@H]7O[C@@H](CC[C@@H]1O2)C[C@@H](C)C7=C)O[C@@H]6[C@H](O3)[C@@H]5C)C(O)(O)[C@H]4O. The molecule has 0 aliphatic carbocycles. The van der Waals surface area contributed by atoms with Crippen molar-refractivity contribution in [2.24, 2.45) is 17.6 Å². The fraction of sp³-hybridized carbons (Fsp3) is 0.914. The fourth-order valence-electron chi connectivity index (χ4n) is 16.5. The van der Waals surface area contributed by atoms with Gasteiger partial charge in [0.2, 0.25) is 11.6 Å². The molecule has 3 unspecified atom stereocenters. The molecule has 13 aliphatic rings. The summed E-state index contributed by atoms with van der Waals surface area (Å²) < 4.78 is 86.9. The van der Waals surface area contributed by atoms with Gasteiger partial charge in [0.1, 0.15) is 18.3 Å². The lowest BCUT2D eigenvalue weighted by molar-refractivity contribution is -0.341. The first kappa shape index (κ1) is 57.2. The molecule has 30 atom stereocenters. The second-order valence-electron chi connectivity index (χ2n) is 26.4. The highest BCUT2D eigenvalue weighted by Crippen LogP contribution is 2.54. The van der Waals surface area contributed by atoms with E-state index < -0.39 is 146 Å². The zero-order chi connectivity index (χ0) is 55.7. The maximum Gasteiger partial charge on any atom is 0.308 e. The third kappa shape index (κ3) is 10.6. The van der Waals surface area contributed by atoms with Gasteiger partial charge in [-0.05, 0) is 68.4 Å². The molecule has 0 aromatic heterocycles. The highest BCUT2D eigenvalue weighted by atomic mass is 16.8. The summed E-state index contributed by atoms with van der Waals surface area (Å²) in [7, 11) is 0. The van der Waals surface area contributed by atoms with E-state index in [9.17, 15) is 40.5 Å². The van der Waals surface area contributed by atoms with E-state index >= 15 is 0 Å². The Morgan fingerprint density at radius 3 is 2.17 bits per heavy atom. The number of ether oxygens (including phenoxy) is 13. The van der Waals surface area contributed by atoms with Crippen molar-refractivity contribution >= 4 is 5.97 Å². The van der Waals surface area contributed by atoms with Crippen LogP contribution in [-0.4, -0.2) is 224 Å². The molecule has 2 spiro atoms. The monoisotopic (exact) mass is 1130 g/mol. The van der Waals surface area contributed by atoms with Crippen molar-refractivity contribution in [3.8, 4) is 0 Å². The molecule has 13 saturated heterocycles. The first-order chi connectivity index (χ1) is 38.2. The number of nitrogens with two attached hydrogens (primary N) is 1. The van der Waals surface area contributed by atoms with Gasteiger partial charge in [-0.3, -0.25) is 4.79 Å². The van der Waals surface area contributed by atoms with Crippen molar-refractivity contribution in [3.05, 3.63) is 24.3 Å². The summed E-state index contributed by atoms with van der Waals surface area (Å²) in [5.74, 6) is -6.22. The molecule has 0 amide bonds. The molecular formula is C58H87NO21. The van der Waals surface area contributed by atoms with Gasteiger partial charge in [0.05, 0.1) is 141 Å². The molecule has 13 rings (SSSR count). The van der Waals surface area contributed by atoms with Crippen LogP contribution in [0.4, 0.5) is 0 Å². The van der Waals surface area contributed by atoms with Gasteiger partial charge in [-0.25, -0.2) is 0 Å². The molecule has 13 aliphatic heterocycles. The lowest BCUT2D eigenvalue weighted by Gasteiger charge is -2.51. The summed E-state index contributed by atoms with van der Waals surface area (Å²) in [5, 5.41) is 76.1. The van der Waals surface area contributed by atoms with Gasteiger partial charge < -0.3 is 103 Å². The van der Waals surface area contributed by atoms with E-state index in [0.717, 1.165) is 17.6 Å². The summed E-state index contributed by atoms with van der Waals surface area (Å²) in [5.41, 5.74) is 8.64. The van der Waals surface area contributed by atoms with Crippen molar-refractivity contribution in [1.82, 2.24) is 0 Å². The average Bonchev–Trinajstić information content (AvgIpc) is 4.37. The number of esters is 1. The molecule has 9 N–H and O–H groups in total. The van der Waals surface area contributed by atoms with Crippen molar-refractivity contribution in [2.75, 3.05) is 6.61 Å². The second kappa shape index (κ2) is 22.1. The van der Waals surface area contributed by atoms with Gasteiger partial charge >= 0.3 is 5.97 Å². The van der Waals surface area contributed by atoms with Crippen LogP contribution in [0.1, 0.15) is 136 Å². The Hall–Kier alpha value is -1.85. The first-order valence-electron chi connectivity index (χ1n) is 30.3. The average molecular weight is 1130 g/mol. The fourth-order valence-corrected chi connectivity index (χ4v) is 16.5. The van der Waals surface area contributed by atoms with Crippen molar-refractivity contribution < 1.29 is 102 Å². The van der Waals surface area contributed by atoms with Crippen LogP contribution in [0.15, 0.2) is 24.3 Å². The lowest BCUT2D eigenvalue weighted by Crippen LogP contribution is -2.67. The summed E-state index contributed by atoms with van der Waals surface area (Å²) in [6.07, 6.45) is -7.25. The van der Waals surface area contributed by atoms with Crippen LogP contribution in [0.25, 0.3) is 0 Å². The second-order valence-corrected chi connectivity index (χ2v) is 26.4. The van der Waals surface area contributed by atoms with Crippen LogP contribution in [0.3, 0.4) is 0 Å². The number of aliphatic hydroxyl groups excluding tert-OH is 5. The largest absolute Gasteiger partial charge is 0.459 e. The molecule has 0 aromatic rings. The smallest absolute Gasteiger partial charge is 0.308 e. The first-order valence-corrected chi connectivity index (χ1v) is 30.3. The van der Waals surface area contributed by atoms with Gasteiger partial charge in [-0.1, -0.05) is 27.0 Å². The number of rotatable bonds is 6. The van der Waals surface area contributed by atoms with Crippen LogP contribution in [0.2, 0.25) is 0 Å². The summed E-state index contributed by atoms with van der Waals surface area (Å²) in [6, 6.07) is -0.459. The molecule has 0 radical (unpaired) electrons. The van der Waals surface area contributed by atoms with Crippen molar-refractivity contribution in [1.29, 1.82) is 0 Å². The van der Waals surface area contributed by atoms with Crippen LogP contribution in [0, 0.1) is 11.8 Å². The summed E-state index contributed by atoms with van der Waals surface area (Å²) >= 11 is 0. The minimum Gasteiger partial charge on any atom is -0.459 e. The van der Waals surface area contributed by atoms with Crippen molar-refractivity contribution in [3.63, 3.8) is 0 Å². The molecule has 450 valence electrons. The van der Waals surface area contributed by atoms with Gasteiger partial charge in [-0.2, -0.15) is 0 Å². The maximum absolute atomic E-state index is 14.4. The predicted molar refractivity (Wildman–Crippen MR) is 275 cm³/mol. The quantitative estimate of drug-likeness (QED) is 0.106. The van der Waals surface area contributed by atoms with Crippen LogP contribution >= 0.6 is 0 Å². The van der Waals surface area contributed by atoms with E-state index in [1.165, 1.54) is 0 Å². The molecule has 80 heavy (non-hydrogen) atoms.